The lowest BCUT2D eigenvalue weighted by Gasteiger charge is -2.04. The number of aromatic carboxylic acids is 1. The molecule has 2 N–H and O–H groups in total. The number of hydrogen-bond acceptors (Lipinski definition) is 3. The van der Waals surface area contributed by atoms with Crippen LogP contribution < -0.4 is 5.32 Å². The second-order valence-corrected chi connectivity index (χ2v) is 4.37. The van der Waals surface area contributed by atoms with Gasteiger partial charge in [-0.05, 0) is 24.1 Å². The lowest BCUT2D eigenvalue weighted by molar-refractivity contribution is 0.0692. The van der Waals surface area contributed by atoms with E-state index in [0.29, 0.717) is 5.69 Å². The van der Waals surface area contributed by atoms with Crippen LogP contribution >= 0.6 is 0 Å². The highest BCUT2D eigenvalue weighted by Crippen LogP contribution is 2.13. The van der Waals surface area contributed by atoms with Crippen LogP contribution in [0.4, 0.5) is 5.69 Å². The normalized spacial score (nSPS) is 10.3. The van der Waals surface area contributed by atoms with Crippen LogP contribution in [0.2, 0.25) is 0 Å². The first-order valence-electron chi connectivity index (χ1n) is 6.18. The van der Waals surface area contributed by atoms with Gasteiger partial charge >= 0.3 is 5.97 Å². The lowest BCUT2D eigenvalue weighted by Crippen LogP contribution is -2.16. The van der Waals surface area contributed by atoms with Crippen molar-refractivity contribution in [2.24, 2.45) is 7.05 Å². The molecule has 0 spiro atoms. The molecule has 0 radical (unpaired) electrons. The molecule has 0 atom stereocenters. The van der Waals surface area contributed by atoms with Gasteiger partial charge in [-0.1, -0.05) is 19.1 Å². The zero-order valence-corrected chi connectivity index (χ0v) is 11.3. The molecule has 0 saturated heterocycles. The lowest BCUT2D eigenvalue weighted by atomic mass is 10.1. The first-order valence-corrected chi connectivity index (χ1v) is 6.18. The predicted octanol–water partition coefficient (Wildman–Crippen LogP) is 1.93. The summed E-state index contributed by atoms with van der Waals surface area (Å²) in [5.41, 5.74) is 1.55. The monoisotopic (exact) mass is 273 g/mol. The van der Waals surface area contributed by atoms with Gasteiger partial charge in [0.15, 0.2) is 5.69 Å². The minimum Gasteiger partial charge on any atom is -0.478 e. The second-order valence-electron chi connectivity index (χ2n) is 4.37. The number of nitrogens with zero attached hydrogens (tertiary/aromatic N) is 2. The maximum Gasteiger partial charge on any atom is 0.339 e. The van der Waals surface area contributed by atoms with Crippen molar-refractivity contribution < 1.29 is 14.7 Å². The summed E-state index contributed by atoms with van der Waals surface area (Å²) in [6.45, 7) is 2.04. The number of rotatable bonds is 4. The van der Waals surface area contributed by atoms with E-state index in [1.807, 2.05) is 19.1 Å². The van der Waals surface area contributed by atoms with Gasteiger partial charge in [0.1, 0.15) is 5.56 Å². The SMILES string of the molecule is CCc1ccc(NC(=O)c2nn(C)cc2C(=O)O)cc1. The first kappa shape index (κ1) is 13.8. The van der Waals surface area contributed by atoms with Crippen LogP contribution in [0.5, 0.6) is 0 Å². The highest BCUT2D eigenvalue weighted by atomic mass is 16.4. The molecule has 20 heavy (non-hydrogen) atoms. The first-order chi connectivity index (χ1) is 9.51. The molecule has 0 aliphatic carbocycles. The molecule has 1 aromatic carbocycles. The fourth-order valence-corrected chi connectivity index (χ4v) is 1.83. The number of anilines is 1. The van der Waals surface area contributed by atoms with Crippen LogP contribution in [0.15, 0.2) is 30.5 Å². The Bertz CT molecular complexity index is 644. The minimum atomic E-state index is -1.18. The number of carboxylic acids is 1. The maximum atomic E-state index is 12.1. The molecule has 6 heteroatoms. The molecule has 104 valence electrons. The van der Waals surface area contributed by atoms with Crippen LogP contribution in [0.1, 0.15) is 33.3 Å². The van der Waals surface area contributed by atoms with Gasteiger partial charge in [-0.15, -0.1) is 0 Å². The van der Waals surface area contributed by atoms with Crippen LogP contribution in [-0.4, -0.2) is 26.8 Å². The molecule has 6 nitrogen and oxygen atoms in total. The van der Waals surface area contributed by atoms with Gasteiger partial charge in [0.2, 0.25) is 0 Å². The molecular formula is C14H15N3O3. The predicted molar refractivity (Wildman–Crippen MR) is 73.9 cm³/mol. The summed E-state index contributed by atoms with van der Waals surface area (Å²) in [4.78, 5) is 23.1. The standard InChI is InChI=1S/C14H15N3O3/c1-3-9-4-6-10(7-5-9)15-13(18)12-11(14(19)20)8-17(2)16-12/h4-8H,3H2,1-2H3,(H,15,18)(H,19,20). The molecule has 1 amide bonds. The summed E-state index contributed by atoms with van der Waals surface area (Å²) in [6, 6.07) is 7.37. The topological polar surface area (TPSA) is 84.2 Å². The van der Waals surface area contributed by atoms with E-state index in [4.69, 9.17) is 5.11 Å². The molecule has 0 aliphatic rings. The second kappa shape index (κ2) is 5.56. The van der Waals surface area contributed by atoms with Gasteiger partial charge in [0, 0.05) is 18.9 Å². The van der Waals surface area contributed by atoms with Crippen LogP contribution in [0.25, 0.3) is 0 Å². The molecule has 2 aromatic rings. The number of carboxylic acid groups (broad SMARTS) is 1. The van der Waals surface area contributed by atoms with E-state index in [0.717, 1.165) is 12.0 Å². The third-order valence-electron chi connectivity index (χ3n) is 2.89. The van der Waals surface area contributed by atoms with Gasteiger partial charge in [0.25, 0.3) is 5.91 Å². The average Bonchev–Trinajstić information content (AvgIpc) is 2.82. The van der Waals surface area contributed by atoms with Crippen molar-refractivity contribution >= 4 is 17.6 Å². The molecule has 0 aliphatic heterocycles. The molecule has 2 rings (SSSR count). The van der Waals surface area contributed by atoms with Crippen molar-refractivity contribution in [3.8, 4) is 0 Å². The van der Waals surface area contributed by atoms with E-state index in [1.54, 1.807) is 19.2 Å². The van der Waals surface area contributed by atoms with Crippen molar-refractivity contribution in [3.05, 3.63) is 47.3 Å². The van der Waals surface area contributed by atoms with E-state index in [1.165, 1.54) is 10.9 Å². The van der Waals surface area contributed by atoms with Crippen LogP contribution in [0.3, 0.4) is 0 Å². The van der Waals surface area contributed by atoms with Crippen molar-refractivity contribution in [3.63, 3.8) is 0 Å². The molecule has 0 bridgehead atoms. The fraction of sp³-hybridized carbons (Fsp3) is 0.214. The van der Waals surface area contributed by atoms with Gasteiger partial charge in [-0.3, -0.25) is 9.48 Å². The largest absolute Gasteiger partial charge is 0.478 e. The van der Waals surface area contributed by atoms with E-state index in [2.05, 4.69) is 10.4 Å². The summed E-state index contributed by atoms with van der Waals surface area (Å²) < 4.78 is 1.30. The van der Waals surface area contributed by atoms with Crippen molar-refractivity contribution in [1.29, 1.82) is 0 Å². The Labute approximate surface area is 116 Å². The Morgan fingerprint density at radius 2 is 1.95 bits per heavy atom. The quantitative estimate of drug-likeness (QED) is 0.891. The Morgan fingerprint density at radius 1 is 1.30 bits per heavy atom. The molecular weight excluding hydrogens is 258 g/mol. The highest BCUT2D eigenvalue weighted by Gasteiger charge is 2.20. The molecule has 0 unspecified atom stereocenters. The van der Waals surface area contributed by atoms with Crippen LogP contribution in [0, 0.1) is 0 Å². The number of amides is 1. The minimum absolute atomic E-state index is 0.0976. The number of nitrogens with one attached hydrogen (secondary N) is 1. The van der Waals surface area contributed by atoms with E-state index >= 15 is 0 Å². The fourth-order valence-electron chi connectivity index (χ4n) is 1.83. The third-order valence-corrected chi connectivity index (χ3v) is 2.89. The zero-order valence-electron chi connectivity index (χ0n) is 11.3. The van der Waals surface area contributed by atoms with E-state index in [-0.39, 0.29) is 11.3 Å². The van der Waals surface area contributed by atoms with Crippen molar-refractivity contribution in [1.82, 2.24) is 9.78 Å². The third kappa shape index (κ3) is 2.85. The number of benzene rings is 1. The Kier molecular flexibility index (Phi) is 3.84. The highest BCUT2D eigenvalue weighted by molar-refractivity contribution is 6.09. The molecule has 0 saturated carbocycles. The Morgan fingerprint density at radius 3 is 2.50 bits per heavy atom. The Balaban J connectivity index is 2.21. The summed E-state index contributed by atoms with van der Waals surface area (Å²) in [6.07, 6.45) is 2.22. The van der Waals surface area contributed by atoms with Crippen molar-refractivity contribution in [2.75, 3.05) is 5.32 Å². The zero-order chi connectivity index (χ0) is 14.7. The van der Waals surface area contributed by atoms with E-state index < -0.39 is 11.9 Å². The molecule has 1 heterocycles. The number of carbonyl (C=O) groups excluding carboxylic acids is 1. The summed E-state index contributed by atoms with van der Waals surface area (Å²) >= 11 is 0. The smallest absolute Gasteiger partial charge is 0.339 e. The van der Waals surface area contributed by atoms with Crippen LogP contribution in [-0.2, 0) is 13.5 Å². The summed E-state index contributed by atoms with van der Waals surface area (Å²) in [5, 5.41) is 15.6. The summed E-state index contributed by atoms with van der Waals surface area (Å²) in [7, 11) is 1.57. The van der Waals surface area contributed by atoms with Crippen molar-refractivity contribution in [2.45, 2.75) is 13.3 Å². The average molecular weight is 273 g/mol. The number of aryl methyl sites for hydroxylation is 2. The maximum absolute atomic E-state index is 12.1. The van der Waals surface area contributed by atoms with Gasteiger partial charge in [-0.25, -0.2) is 4.79 Å². The van der Waals surface area contributed by atoms with Gasteiger partial charge < -0.3 is 10.4 Å². The number of carbonyl (C=O) groups is 2. The number of aromatic nitrogens is 2. The van der Waals surface area contributed by atoms with Gasteiger partial charge in [-0.2, -0.15) is 5.10 Å². The molecule has 0 fully saturated rings. The van der Waals surface area contributed by atoms with Gasteiger partial charge in [0.05, 0.1) is 0 Å². The Hall–Kier alpha value is -2.63. The molecule has 1 aromatic heterocycles. The van der Waals surface area contributed by atoms with E-state index in [9.17, 15) is 9.59 Å². The summed E-state index contributed by atoms with van der Waals surface area (Å²) in [5.74, 6) is -1.71. The number of hydrogen-bond donors (Lipinski definition) is 2.